The second kappa shape index (κ2) is 5.00. The van der Waals surface area contributed by atoms with E-state index in [1.807, 2.05) is 7.05 Å². The van der Waals surface area contributed by atoms with Gasteiger partial charge in [0.15, 0.2) is 0 Å². The maximum absolute atomic E-state index is 11.7. The summed E-state index contributed by atoms with van der Waals surface area (Å²) < 4.78 is 0. The fourth-order valence-electron chi connectivity index (χ4n) is 1.15. The first-order chi connectivity index (χ1) is 6.65. The number of nitrogens with zero attached hydrogens (tertiary/aromatic N) is 1. The smallest absolute Gasteiger partial charge is 0.263 e. The molecule has 3 nitrogen and oxygen atoms in total. The van der Waals surface area contributed by atoms with Crippen molar-refractivity contribution in [2.24, 2.45) is 0 Å². The molecule has 0 spiro atoms. The lowest BCUT2D eigenvalue weighted by Crippen LogP contribution is -2.26. The Hall–Kier alpha value is -1.03. The Morgan fingerprint density at radius 3 is 2.79 bits per heavy atom. The number of carbonyl (C=O) groups excluding carboxylic acids is 1. The molecule has 0 aliphatic rings. The van der Waals surface area contributed by atoms with Crippen LogP contribution in [0.5, 0.6) is 0 Å². The highest BCUT2D eigenvalue weighted by atomic mass is 32.1. The highest BCUT2D eigenvalue weighted by molar-refractivity contribution is 7.17. The van der Waals surface area contributed by atoms with Crippen LogP contribution >= 0.6 is 11.3 Å². The number of amides is 1. The molecule has 0 radical (unpaired) electrons. The molecule has 4 heteroatoms. The summed E-state index contributed by atoms with van der Waals surface area (Å²) in [6, 6.07) is 3.55. The lowest BCUT2D eigenvalue weighted by Gasteiger charge is -2.15. The molecule has 0 aromatic carbocycles. The van der Waals surface area contributed by atoms with Crippen LogP contribution in [0.4, 0.5) is 5.00 Å². The topological polar surface area (TPSA) is 46.3 Å². The zero-order valence-corrected chi connectivity index (χ0v) is 9.43. The number of nitrogen functional groups attached to an aromatic ring is 1. The van der Waals surface area contributed by atoms with Crippen LogP contribution < -0.4 is 5.73 Å². The summed E-state index contributed by atoms with van der Waals surface area (Å²) in [6.07, 6.45) is 2.15. The van der Waals surface area contributed by atoms with Crippen LogP contribution in [0.2, 0.25) is 0 Å². The highest BCUT2D eigenvalue weighted by Crippen LogP contribution is 2.19. The second-order valence-electron chi connectivity index (χ2n) is 3.28. The van der Waals surface area contributed by atoms with Crippen molar-refractivity contribution in [3.63, 3.8) is 0 Å². The van der Waals surface area contributed by atoms with Crippen molar-refractivity contribution in [3.05, 3.63) is 17.0 Å². The number of anilines is 1. The first-order valence-corrected chi connectivity index (χ1v) is 5.57. The average molecular weight is 212 g/mol. The minimum atomic E-state index is 0.0696. The second-order valence-corrected chi connectivity index (χ2v) is 4.40. The Labute approximate surface area is 88.5 Å². The van der Waals surface area contributed by atoms with Crippen molar-refractivity contribution in [3.8, 4) is 0 Å². The lowest BCUT2D eigenvalue weighted by molar-refractivity contribution is 0.0798. The third kappa shape index (κ3) is 2.73. The first kappa shape index (κ1) is 11.0. The third-order valence-electron chi connectivity index (χ3n) is 2.03. The van der Waals surface area contributed by atoms with Gasteiger partial charge in [0.2, 0.25) is 0 Å². The molecule has 14 heavy (non-hydrogen) atoms. The quantitative estimate of drug-likeness (QED) is 0.831. The molecule has 0 atom stereocenters. The van der Waals surface area contributed by atoms with Crippen molar-refractivity contribution in [2.45, 2.75) is 19.8 Å². The molecule has 0 fully saturated rings. The van der Waals surface area contributed by atoms with Crippen LogP contribution in [-0.2, 0) is 0 Å². The van der Waals surface area contributed by atoms with E-state index in [2.05, 4.69) is 6.92 Å². The van der Waals surface area contributed by atoms with Gasteiger partial charge in [0.25, 0.3) is 5.91 Å². The summed E-state index contributed by atoms with van der Waals surface area (Å²) in [5, 5.41) is 0.692. The van der Waals surface area contributed by atoms with Crippen molar-refractivity contribution in [2.75, 3.05) is 19.3 Å². The molecule has 0 saturated heterocycles. The Kier molecular flexibility index (Phi) is 3.95. The molecule has 1 rings (SSSR count). The van der Waals surface area contributed by atoms with Gasteiger partial charge in [-0.1, -0.05) is 13.3 Å². The maximum Gasteiger partial charge on any atom is 0.263 e. The largest absolute Gasteiger partial charge is 0.391 e. The molecule has 1 amide bonds. The van der Waals surface area contributed by atoms with E-state index in [0.29, 0.717) is 5.00 Å². The summed E-state index contributed by atoms with van der Waals surface area (Å²) in [7, 11) is 1.83. The standard InChI is InChI=1S/C10H16N2OS/c1-3-4-7-12(2)10(13)8-5-6-9(11)14-8/h5-6H,3-4,7,11H2,1-2H3. The van der Waals surface area contributed by atoms with Crippen LogP contribution in [0, 0.1) is 0 Å². The molecule has 0 aliphatic heterocycles. The van der Waals surface area contributed by atoms with Gasteiger partial charge in [0.1, 0.15) is 0 Å². The summed E-state index contributed by atoms with van der Waals surface area (Å²) in [5.74, 6) is 0.0696. The fraction of sp³-hybridized carbons (Fsp3) is 0.500. The van der Waals surface area contributed by atoms with Gasteiger partial charge in [-0.3, -0.25) is 4.79 Å². The van der Waals surface area contributed by atoms with Crippen LogP contribution in [0.1, 0.15) is 29.4 Å². The van der Waals surface area contributed by atoms with E-state index < -0.39 is 0 Å². The predicted molar refractivity (Wildman–Crippen MR) is 60.6 cm³/mol. The Balaban J connectivity index is 2.56. The van der Waals surface area contributed by atoms with Gasteiger partial charge in [-0.15, -0.1) is 11.3 Å². The van der Waals surface area contributed by atoms with Gasteiger partial charge in [-0.05, 0) is 18.6 Å². The molecule has 0 bridgehead atoms. The maximum atomic E-state index is 11.7. The summed E-state index contributed by atoms with van der Waals surface area (Å²) in [5.41, 5.74) is 5.56. The van der Waals surface area contributed by atoms with Crippen LogP contribution in [-0.4, -0.2) is 24.4 Å². The summed E-state index contributed by atoms with van der Waals surface area (Å²) in [4.78, 5) is 14.2. The van der Waals surface area contributed by atoms with E-state index in [4.69, 9.17) is 5.73 Å². The number of carbonyl (C=O) groups is 1. The first-order valence-electron chi connectivity index (χ1n) is 4.76. The van der Waals surface area contributed by atoms with Gasteiger partial charge in [-0.2, -0.15) is 0 Å². The Morgan fingerprint density at radius 2 is 2.29 bits per heavy atom. The Bertz CT molecular complexity index is 309. The molecule has 1 aromatic rings. The minimum Gasteiger partial charge on any atom is -0.391 e. The molecule has 1 aromatic heterocycles. The monoisotopic (exact) mass is 212 g/mol. The molecular weight excluding hydrogens is 196 g/mol. The number of hydrogen-bond acceptors (Lipinski definition) is 3. The van der Waals surface area contributed by atoms with E-state index in [0.717, 1.165) is 24.3 Å². The van der Waals surface area contributed by atoms with Crippen LogP contribution in [0.15, 0.2) is 12.1 Å². The number of nitrogens with two attached hydrogens (primary N) is 1. The highest BCUT2D eigenvalue weighted by Gasteiger charge is 2.12. The zero-order valence-electron chi connectivity index (χ0n) is 8.62. The normalized spacial score (nSPS) is 10.1. The van der Waals surface area contributed by atoms with Crippen molar-refractivity contribution < 1.29 is 4.79 Å². The van der Waals surface area contributed by atoms with Gasteiger partial charge in [-0.25, -0.2) is 0 Å². The minimum absolute atomic E-state index is 0.0696. The van der Waals surface area contributed by atoms with Gasteiger partial charge in [0.05, 0.1) is 9.88 Å². The lowest BCUT2D eigenvalue weighted by atomic mass is 10.3. The van der Waals surface area contributed by atoms with Crippen molar-refractivity contribution >= 4 is 22.2 Å². The molecule has 0 unspecified atom stereocenters. The fourth-order valence-corrected chi connectivity index (χ4v) is 1.92. The molecule has 78 valence electrons. The van der Waals surface area contributed by atoms with Crippen LogP contribution in [0.3, 0.4) is 0 Å². The van der Waals surface area contributed by atoms with Crippen LogP contribution in [0.25, 0.3) is 0 Å². The molecule has 1 heterocycles. The number of hydrogen-bond donors (Lipinski definition) is 1. The van der Waals surface area contributed by atoms with Gasteiger partial charge >= 0.3 is 0 Å². The molecular formula is C10H16N2OS. The number of unbranched alkanes of at least 4 members (excludes halogenated alkanes) is 1. The molecule has 2 N–H and O–H groups in total. The van der Waals surface area contributed by atoms with Gasteiger partial charge in [0, 0.05) is 13.6 Å². The average Bonchev–Trinajstić information content (AvgIpc) is 2.60. The summed E-state index contributed by atoms with van der Waals surface area (Å²) >= 11 is 1.34. The van der Waals surface area contributed by atoms with E-state index in [9.17, 15) is 4.79 Å². The van der Waals surface area contributed by atoms with E-state index in [1.165, 1.54) is 11.3 Å². The summed E-state index contributed by atoms with van der Waals surface area (Å²) in [6.45, 7) is 2.93. The number of thiophene rings is 1. The van der Waals surface area contributed by atoms with Gasteiger partial charge < -0.3 is 10.6 Å². The van der Waals surface area contributed by atoms with E-state index >= 15 is 0 Å². The Morgan fingerprint density at radius 1 is 1.57 bits per heavy atom. The van der Waals surface area contributed by atoms with Crippen molar-refractivity contribution in [1.82, 2.24) is 4.90 Å². The zero-order chi connectivity index (χ0) is 10.6. The van der Waals surface area contributed by atoms with Crippen molar-refractivity contribution in [1.29, 1.82) is 0 Å². The molecule has 0 saturated carbocycles. The molecule has 0 aliphatic carbocycles. The third-order valence-corrected chi connectivity index (χ3v) is 2.93. The number of rotatable bonds is 4. The van der Waals surface area contributed by atoms with E-state index in [1.54, 1.807) is 17.0 Å². The SMILES string of the molecule is CCCCN(C)C(=O)c1ccc(N)s1. The van der Waals surface area contributed by atoms with E-state index in [-0.39, 0.29) is 5.91 Å². The predicted octanol–water partition coefficient (Wildman–Crippen LogP) is 2.20.